The van der Waals surface area contributed by atoms with Crippen LogP contribution in [0.2, 0.25) is 0 Å². The number of aliphatic imine (C=N–C) groups is 1. The van der Waals surface area contributed by atoms with Crippen LogP contribution < -0.4 is 11.1 Å². The van der Waals surface area contributed by atoms with E-state index in [-0.39, 0.29) is 5.82 Å². The van der Waals surface area contributed by atoms with E-state index in [9.17, 15) is 4.39 Å². The van der Waals surface area contributed by atoms with E-state index < -0.39 is 0 Å². The second-order valence-electron chi connectivity index (χ2n) is 4.20. The van der Waals surface area contributed by atoms with Gasteiger partial charge < -0.3 is 11.1 Å². The van der Waals surface area contributed by atoms with Gasteiger partial charge in [-0.05, 0) is 37.0 Å². The fraction of sp³-hybridized carbons (Fsp3) is 0.417. The van der Waals surface area contributed by atoms with E-state index in [1.807, 2.05) is 0 Å². The fourth-order valence-corrected chi connectivity index (χ4v) is 1.46. The van der Waals surface area contributed by atoms with Crippen LogP contribution in [0.15, 0.2) is 23.2 Å². The Labute approximate surface area is 94.6 Å². The van der Waals surface area contributed by atoms with Gasteiger partial charge in [-0.2, -0.15) is 0 Å². The van der Waals surface area contributed by atoms with Crippen molar-refractivity contribution in [1.29, 1.82) is 0 Å². The highest BCUT2D eigenvalue weighted by atomic mass is 19.1. The van der Waals surface area contributed by atoms with E-state index in [1.165, 1.54) is 18.9 Å². The lowest BCUT2D eigenvalue weighted by molar-refractivity contribution is 0.617. The Hall–Kier alpha value is -1.58. The van der Waals surface area contributed by atoms with Gasteiger partial charge in [0.1, 0.15) is 5.82 Å². The van der Waals surface area contributed by atoms with Crippen LogP contribution in [0.4, 0.5) is 4.39 Å². The molecule has 0 unspecified atom stereocenters. The van der Waals surface area contributed by atoms with Gasteiger partial charge in [0.15, 0.2) is 5.96 Å². The van der Waals surface area contributed by atoms with Crippen LogP contribution in [-0.4, -0.2) is 12.0 Å². The lowest BCUT2D eigenvalue weighted by Crippen LogP contribution is -2.33. The molecular weight excluding hydrogens is 205 g/mol. The van der Waals surface area contributed by atoms with Crippen LogP contribution in [0.3, 0.4) is 0 Å². The summed E-state index contributed by atoms with van der Waals surface area (Å²) in [5.74, 6) is 0.293. The first-order valence-corrected chi connectivity index (χ1v) is 5.46. The Morgan fingerprint density at radius 3 is 2.94 bits per heavy atom. The molecule has 2 rings (SSSR count). The maximum Gasteiger partial charge on any atom is 0.189 e. The maximum atomic E-state index is 13.0. The van der Waals surface area contributed by atoms with Gasteiger partial charge in [0, 0.05) is 6.04 Å². The average Bonchev–Trinajstić information content (AvgIpc) is 3.04. The highest BCUT2D eigenvalue weighted by molar-refractivity contribution is 5.78. The highest BCUT2D eigenvalue weighted by Gasteiger charge is 2.21. The van der Waals surface area contributed by atoms with Crippen LogP contribution in [-0.2, 0) is 6.54 Å². The SMILES string of the molecule is Cc1cc(CN=C(N)NC2CC2)ccc1F. The summed E-state index contributed by atoms with van der Waals surface area (Å²) >= 11 is 0. The van der Waals surface area contributed by atoms with Gasteiger partial charge >= 0.3 is 0 Å². The summed E-state index contributed by atoms with van der Waals surface area (Å²) in [5, 5.41) is 3.10. The zero-order valence-corrected chi connectivity index (χ0v) is 9.33. The molecule has 0 amide bonds. The molecule has 1 aromatic rings. The van der Waals surface area contributed by atoms with Crippen molar-refractivity contribution in [1.82, 2.24) is 5.32 Å². The summed E-state index contributed by atoms with van der Waals surface area (Å²) in [7, 11) is 0. The number of benzene rings is 1. The van der Waals surface area contributed by atoms with E-state index in [0.29, 0.717) is 24.1 Å². The average molecular weight is 221 g/mol. The van der Waals surface area contributed by atoms with E-state index in [4.69, 9.17) is 5.73 Å². The van der Waals surface area contributed by atoms with Crippen LogP contribution in [0.1, 0.15) is 24.0 Å². The van der Waals surface area contributed by atoms with Gasteiger partial charge in [-0.3, -0.25) is 0 Å². The van der Waals surface area contributed by atoms with Crippen LogP contribution in [0, 0.1) is 12.7 Å². The molecule has 4 heteroatoms. The van der Waals surface area contributed by atoms with Gasteiger partial charge in [-0.25, -0.2) is 9.38 Å². The monoisotopic (exact) mass is 221 g/mol. The number of hydrogen-bond acceptors (Lipinski definition) is 1. The number of nitrogens with one attached hydrogen (secondary N) is 1. The van der Waals surface area contributed by atoms with Gasteiger partial charge in [0.25, 0.3) is 0 Å². The molecule has 1 aromatic carbocycles. The molecule has 86 valence electrons. The Morgan fingerprint density at radius 2 is 2.31 bits per heavy atom. The second kappa shape index (κ2) is 4.51. The predicted molar refractivity (Wildman–Crippen MR) is 62.6 cm³/mol. The highest BCUT2D eigenvalue weighted by Crippen LogP contribution is 2.18. The lowest BCUT2D eigenvalue weighted by Gasteiger charge is -2.04. The Kier molecular flexibility index (Phi) is 3.08. The van der Waals surface area contributed by atoms with E-state index in [2.05, 4.69) is 10.3 Å². The number of halogens is 1. The Balaban J connectivity index is 1.94. The zero-order chi connectivity index (χ0) is 11.5. The van der Waals surface area contributed by atoms with Crippen molar-refractivity contribution in [2.75, 3.05) is 0 Å². The molecule has 3 nitrogen and oxygen atoms in total. The minimum Gasteiger partial charge on any atom is -0.370 e. The summed E-state index contributed by atoms with van der Waals surface area (Å²) in [4.78, 5) is 4.21. The number of rotatable bonds is 3. The van der Waals surface area contributed by atoms with Crippen LogP contribution in [0.5, 0.6) is 0 Å². The number of guanidine groups is 1. The first kappa shape index (κ1) is 10.9. The lowest BCUT2D eigenvalue weighted by atomic mass is 10.1. The normalized spacial score (nSPS) is 16.2. The number of nitrogens with zero attached hydrogens (tertiary/aromatic N) is 1. The predicted octanol–water partition coefficient (Wildman–Crippen LogP) is 1.70. The molecule has 0 saturated heterocycles. The van der Waals surface area contributed by atoms with Crippen molar-refractivity contribution in [3.8, 4) is 0 Å². The summed E-state index contributed by atoms with van der Waals surface area (Å²) in [6.45, 7) is 2.24. The van der Waals surface area contributed by atoms with E-state index >= 15 is 0 Å². The van der Waals surface area contributed by atoms with Crippen molar-refractivity contribution < 1.29 is 4.39 Å². The standard InChI is InChI=1S/C12H16FN3/c1-8-6-9(2-5-11(8)13)7-15-12(14)16-10-3-4-10/h2,5-6,10H,3-4,7H2,1H3,(H3,14,15,16). The van der Waals surface area contributed by atoms with E-state index in [0.717, 1.165) is 5.56 Å². The maximum absolute atomic E-state index is 13.0. The van der Waals surface area contributed by atoms with Crippen molar-refractivity contribution >= 4 is 5.96 Å². The van der Waals surface area contributed by atoms with Crippen molar-refractivity contribution in [3.63, 3.8) is 0 Å². The third-order valence-electron chi connectivity index (χ3n) is 2.58. The molecule has 0 aromatic heterocycles. The number of aryl methyl sites for hydroxylation is 1. The summed E-state index contributed by atoms with van der Waals surface area (Å²) in [6, 6.07) is 5.50. The van der Waals surface area contributed by atoms with Crippen LogP contribution >= 0.6 is 0 Å². The molecule has 0 spiro atoms. The molecule has 1 saturated carbocycles. The van der Waals surface area contributed by atoms with Crippen molar-refractivity contribution in [2.45, 2.75) is 32.4 Å². The molecule has 0 radical (unpaired) electrons. The molecule has 0 aliphatic heterocycles. The Bertz CT molecular complexity index is 411. The molecule has 0 heterocycles. The molecule has 1 aliphatic carbocycles. The van der Waals surface area contributed by atoms with Gasteiger partial charge in [0.2, 0.25) is 0 Å². The smallest absolute Gasteiger partial charge is 0.189 e. The van der Waals surface area contributed by atoms with Crippen LogP contribution in [0.25, 0.3) is 0 Å². The number of hydrogen-bond donors (Lipinski definition) is 2. The Morgan fingerprint density at radius 1 is 1.56 bits per heavy atom. The number of nitrogens with two attached hydrogens (primary N) is 1. The summed E-state index contributed by atoms with van der Waals surface area (Å²) in [6.07, 6.45) is 2.34. The molecule has 1 aliphatic rings. The first-order valence-electron chi connectivity index (χ1n) is 5.46. The zero-order valence-electron chi connectivity index (χ0n) is 9.33. The molecule has 16 heavy (non-hydrogen) atoms. The largest absolute Gasteiger partial charge is 0.370 e. The van der Waals surface area contributed by atoms with Gasteiger partial charge in [-0.1, -0.05) is 12.1 Å². The molecule has 1 fully saturated rings. The first-order chi connectivity index (χ1) is 7.65. The molecule has 3 N–H and O–H groups in total. The quantitative estimate of drug-likeness (QED) is 0.603. The fourth-order valence-electron chi connectivity index (χ4n) is 1.46. The van der Waals surface area contributed by atoms with Gasteiger partial charge in [-0.15, -0.1) is 0 Å². The third-order valence-corrected chi connectivity index (χ3v) is 2.58. The minimum atomic E-state index is -0.184. The van der Waals surface area contributed by atoms with Crippen molar-refractivity contribution in [2.24, 2.45) is 10.7 Å². The summed E-state index contributed by atoms with van der Waals surface area (Å²) in [5.41, 5.74) is 7.31. The molecule has 0 atom stereocenters. The second-order valence-corrected chi connectivity index (χ2v) is 4.20. The molecule has 0 bridgehead atoms. The van der Waals surface area contributed by atoms with E-state index in [1.54, 1.807) is 19.1 Å². The topological polar surface area (TPSA) is 50.4 Å². The van der Waals surface area contributed by atoms with Crippen molar-refractivity contribution in [3.05, 3.63) is 35.1 Å². The summed E-state index contributed by atoms with van der Waals surface area (Å²) < 4.78 is 13.0. The third kappa shape index (κ3) is 2.95. The van der Waals surface area contributed by atoms with Gasteiger partial charge in [0.05, 0.1) is 6.54 Å². The minimum absolute atomic E-state index is 0.184. The molecular formula is C12H16FN3.